The largest absolute Gasteiger partial charge is 0.481 e. The van der Waals surface area contributed by atoms with Crippen molar-refractivity contribution in [2.45, 2.75) is 19.4 Å². The van der Waals surface area contributed by atoms with Crippen molar-refractivity contribution in [3.05, 3.63) is 101 Å². The molecule has 1 aliphatic rings. The number of pyridine rings is 1. The van der Waals surface area contributed by atoms with Crippen molar-refractivity contribution in [1.29, 1.82) is 0 Å². The zero-order valence-electron chi connectivity index (χ0n) is 19.0. The lowest BCUT2D eigenvalue weighted by Gasteiger charge is -2.31. The van der Waals surface area contributed by atoms with E-state index in [2.05, 4.69) is 21.8 Å². The van der Waals surface area contributed by atoms with Gasteiger partial charge in [-0.05, 0) is 56.3 Å². The molecule has 0 spiro atoms. The minimum absolute atomic E-state index is 0.244. The summed E-state index contributed by atoms with van der Waals surface area (Å²) in [5, 5.41) is 2.40. The van der Waals surface area contributed by atoms with Gasteiger partial charge in [-0.1, -0.05) is 41.6 Å². The van der Waals surface area contributed by atoms with Crippen LogP contribution in [0.1, 0.15) is 30.7 Å². The van der Waals surface area contributed by atoms with Crippen molar-refractivity contribution >= 4 is 22.4 Å². The molecule has 6 heteroatoms. The smallest absolute Gasteiger partial charge is 0.145 e. The molecule has 3 heterocycles. The molecule has 170 valence electrons. The van der Waals surface area contributed by atoms with E-state index in [9.17, 15) is 4.39 Å². The first-order valence-corrected chi connectivity index (χ1v) is 11.5. The highest BCUT2D eigenvalue weighted by molar-refractivity contribution is 6.33. The summed E-state index contributed by atoms with van der Waals surface area (Å²) in [7, 11) is 0. The summed E-state index contributed by atoms with van der Waals surface area (Å²) in [6.07, 6.45) is 3.60. The third kappa shape index (κ3) is 3.63. The number of hydrogen-bond donors (Lipinski definition) is 1. The minimum Gasteiger partial charge on any atom is -0.481 e. The zero-order valence-corrected chi connectivity index (χ0v) is 19.7. The van der Waals surface area contributed by atoms with Gasteiger partial charge >= 0.3 is 0 Å². The Morgan fingerprint density at radius 2 is 1.89 bits per heavy atom. The summed E-state index contributed by atoms with van der Waals surface area (Å²) in [5.74, 6) is 7.15. The number of hydrogen-bond acceptors (Lipinski definition) is 3. The van der Waals surface area contributed by atoms with Crippen LogP contribution >= 0.6 is 11.6 Å². The molecule has 0 saturated heterocycles. The summed E-state index contributed by atoms with van der Waals surface area (Å²) in [6, 6.07) is 18.4. The van der Waals surface area contributed by atoms with E-state index in [1.807, 2.05) is 62.5 Å². The van der Waals surface area contributed by atoms with Gasteiger partial charge in [0.2, 0.25) is 0 Å². The van der Waals surface area contributed by atoms with E-state index in [1.54, 1.807) is 18.3 Å². The van der Waals surface area contributed by atoms with E-state index < -0.39 is 11.4 Å². The number of rotatable bonds is 1. The van der Waals surface area contributed by atoms with E-state index in [4.69, 9.17) is 21.3 Å². The number of halogens is 2. The quantitative estimate of drug-likeness (QED) is 0.260. The summed E-state index contributed by atoms with van der Waals surface area (Å²) >= 11 is 6.29. The number of H-pyrrole nitrogens is 1. The van der Waals surface area contributed by atoms with Gasteiger partial charge in [0.25, 0.3) is 0 Å². The summed E-state index contributed by atoms with van der Waals surface area (Å²) in [4.78, 5) is 12.2. The third-order valence-electron chi connectivity index (χ3n) is 6.13. The SMILES string of the molecule is CC1(C)Oc2cc(C#Cc3cccc4cnccc34)ccc2-c2nc(-c3c(F)cccc3Cl)[nH]c21. The number of aromatic nitrogens is 3. The molecule has 6 rings (SSSR count). The van der Waals surface area contributed by atoms with Crippen LogP contribution in [0.25, 0.3) is 33.4 Å². The van der Waals surface area contributed by atoms with E-state index >= 15 is 0 Å². The van der Waals surface area contributed by atoms with Crippen LogP contribution in [0.4, 0.5) is 4.39 Å². The maximum Gasteiger partial charge on any atom is 0.145 e. The Labute approximate surface area is 206 Å². The molecular formula is C29H19ClFN3O. The second kappa shape index (κ2) is 7.97. The van der Waals surface area contributed by atoms with Crippen molar-refractivity contribution in [3.63, 3.8) is 0 Å². The van der Waals surface area contributed by atoms with Gasteiger partial charge in [0.1, 0.15) is 23.0 Å². The minimum atomic E-state index is -0.708. The fraction of sp³-hybridized carbons (Fsp3) is 0.103. The molecule has 0 unspecified atom stereocenters. The van der Waals surface area contributed by atoms with E-state index in [0.717, 1.165) is 33.2 Å². The monoisotopic (exact) mass is 479 g/mol. The molecule has 1 N–H and O–H groups in total. The molecule has 1 aliphatic heterocycles. The topological polar surface area (TPSA) is 50.8 Å². The second-order valence-corrected chi connectivity index (χ2v) is 9.29. The summed E-state index contributed by atoms with van der Waals surface area (Å²) < 4.78 is 20.9. The molecule has 5 aromatic rings. The van der Waals surface area contributed by atoms with Gasteiger partial charge in [0.15, 0.2) is 0 Å². The molecule has 35 heavy (non-hydrogen) atoms. The number of imidazole rings is 1. The number of nitrogens with one attached hydrogen (secondary N) is 1. The van der Waals surface area contributed by atoms with Crippen LogP contribution < -0.4 is 4.74 Å². The molecule has 0 fully saturated rings. The highest BCUT2D eigenvalue weighted by atomic mass is 35.5. The Morgan fingerprint density at radius 1 is 1.03 bits per heavy atom. The van der Waals surface area contributed by atoms with Gasteiger partial charge in [-0.3, -0.25) is 4.98 Å². The molecular weight excluding hydrogens is 461 g/mol. The predicted octanol–water partition coefficient (Wildman–Crippen LogP) is 7.11. The van der Waals surface area contributed by atoms with E-state index in [-0.39, 0.29) is 5.56 Å². The van der Waals surface area contributed by atoms with Crippen LogP contribution in [0.2, 0.25) is 5.02 Å². The van der Waals surface area contributed by atoms with Crippen LogP contribution in [-0.2, 0) is 5.60 Å². The van der Waals surface area contributed by atoms with Gasteiger partial charge in [0, 0.05) is 39.9 Å². The average Bonchev–Trinajstić information content (AvgIpc) is 3.28. The highest BCUT2D eigenvalue weighted by Crippen LogP contribution is 2.45. The second-order valence-electron chi connectivity index (χ2n) is 8.88. The predicted molar refractivity (Wildman–Crippen MR) is 136 cm³/mol. The Balaban J connectivity index is 1.43. The molecule has 0 atom stereocenters. The Kier molecular flexibility index (Phi) is 4.87. The maximum absolute atomic E-state index is 14.6. The van der Waals surface area contributed by atoms with Gasteiger partial charge in [-0.15, -0.1) is 0 Å². The highest BCUT2D eigenvalue weighted by Gasteiger charge is 2.36. The lowest BCUT2D eigenvalue weighted by atomic mass is 9.94. The van der Waals surface area contributed by atoms with Crippen molar-refractivity contribution in [2.24, 2.45) is 0 Å². The Hall–Kier alpha value is -4.14. The first-order chi connectivity index (χ1) is 16.9. The van der Waals surface area contributed by atoms with Crippen LogP contribution in [-0.4, -0.2) is 15.0 Å². The first-order valence-electron chi connectivity index (χ1n) is 11.1. The number of fused-ring (bicyclic) bond motifs is 4. The number of benzene rings is 3. The lowest BCUT2D eigenvalue weighted by Crippen LogP contribution is -2.29. The molecule has 0 saturated carbocycles. The fourth-order valence-electron chi connectivity index (χ4n) is 4.42. The van der Waals surface area contributed by atoms with Gasteiger partial charge in [-0.25, -0.2) is 9.37 Å². The summed E-state index contributed by atoms with van der Waals surface area (Å²) in [5.41, 5.74) is 3.59. The van der Waals surface area contributed by atoms with Crippen LogP contribution in [0.5, 0.6) is 5.75 Å². The fourth-order valence-corrected chi connectivity index (χ4v) is 4.68. The molecule has 2 aromatic heterocycles. The first kappa shape index (κ1) is 21.4. The van der Waals surface area contributed by atoms with Crippen LogP contribution in [0, 0.1) is 17.7 Å². The zero-order chi connectivity index (χ0) is 24.2. The van der Waals surface area contributed by atoms with Gasteiger partial charge in [-0.2, -0.15) is 0 Å². The van der Waals surface area contributed by atoms with Crippen LogP contribution in [0.15, 0.2) is 73.1 Å². The maximum atomic E-state index is 14.6. The summed E-state index contributed by atoms with van der Waals surface area (Å²) in [6.45, 7) is 3.89. The lowest BCUT2D eigenvalue weighted by molar-refractivity contribution is 0.101. The number of nitrogens with zero attached hydrogens (tertiary/aromatic N) is 2. The van der Waals surface area contributed by atoms with Crippen molar-refractivity contribution < 1.29 is 9.13 Å². The molecule has 0 radical (unpaired) electrons. The standard InChI is InChI=1S/C29H19ClFN3O/c1-29(2)27-26(33-28(34-27)25-22(30)7-4-8-23(25)31)21-12-10-17(15-24(21)35-29)9-11-18-5-3-6-19-16-32-14-13-20(18)19/h3-8,10,12-16H,1-2H3,(H,33,34). The molecule has 0 bridgehead atoms. The van der Waals surface area contributed by atoms with Gasteiger partial charge < -0.3 is 9.72 Å². The van der Waals surface area contributed by atoms with Crippen LogP contribution in [0.3, 0.4) is 0 Å². The van der Waals surface area contributed by atoms with Crippen molar-refractivity contribution in [2.75, 3.05) is 0 Å². The van der Waals surface area contributed by atoms with E-state index in [0.29, 0.717) is 22.3 Å². The molecule has 0 aliphatic carbocycles. The molecule has 0 amide bonds. The Bertz CT molecular complexity index is 1670. The van der Waals surface area contributed by atoms with E-state index in [1.165, 1.54) is 6.07 Å². The molecule has 4 nitrogen and oxygen atoms in total. The third-order valence-corrected chi connectivity index (χ3v) is 6.44. The number of aromatic amines is 1. The normalized spacial score (nSPS) is 13.4. The average molecular weight is 480 g/mol. The van der Waals surface area contributed by atoms with Crippen molar-refractivity contribution in [3.8, 4) is 40.2 Å². The Morgan fingerprint density at radius 3 is 2.74 bits per heavy atom. The number of ether oxygens (including phenoxy) is 1. The molecule has 3 aromatic carbocycles. The van der Waals surface area contributed by atoms with Gasteiger partial charge in [0.05, 0.1) is 22.0 Å². The van der Waals surface area contributed by atoms with Crippen molar-refractivity contribution in [1.82, 2.24) is 15.0 Å².